The lowest BCUT2D eigenvalue weighted by atomic mass is 9.81. The van der Waals surface area contributed by atoms with Crippen molar-refractivity contribution < 1.29 is 19.5 Å². The predicted molar refractivity (Wildman–Crippen MR) is 84.9 cm³/mol. The highest BCUT2D eigenvalue weighted by Gasteiger charge is 2.52. The normalized spacial score (nSPS) is 31.3. The Morgan fingerprint density at radius 3 is 1.86 bits per heavy atom. The quantitative estimate of drug-likeness (QED) is 0.527. The van der Waals surface area contributed by atoms with Crippen molar-refractivity contribution in [1.82, 2.24) is 0 Å². The zero-order valence-corrected chi connectivity index (χ0v) is 14.5. The maximum Gasteiger partial charge on any atom is 0.237 e. The fourth-order valence-electron chi connectivity index (χ4n) is 3.10. The maximum atomic E-state index is 12.6. The molecule has 1 aromatic rings. The van der Waals surface area contributed by atoms with E-state index < -0.39 is 5.97 Å². The van der Waals surface area contributed by atoms with E-state index in [1.165, 1.54) is 29.2 Å². The van der Waals surface area contributed by atoms with E-state index in [0.717, 1.165) is 0 Å². The van der Waals surface area contributed by atoms with Gasteiger partial charge in [-0.15, -0.1) is 0 Å². The number of fused-ring (bicyclic) bond motifs is 1. The van der Waals surface area contributed by atoms with Crippen LogP contribution in [0.2, 0.25) is 0 Å². The third-order valence-electron chi connectivity index (χ3n) is 4.27. The molecule has 5 nitrogen and oxygen atoms in total. The number of carbonyl (C=O) groups is 3. The number of aromatic carboxylic acids is 1. The Morgan fingerprint density at radius 1 is 1.00 bits per heavy atom. The smallest absolute Gasteiger partial charge is 0.237 e. The van der Waals surface area contributed by atoms with Gasteiger partial charge in [0.15, 0.2) is 0 Å². The van der Waals surface area contributed by atoms with Gasteiger partial charge in [-0.3, -0.25) is 14.5 Å². The lowest BCUT2D eigenvalue weighted by Gasteiger charge is -2.29. The molecule has 4 atom stereocenters. The van der Waals surface area contributed by atoms with Crippen molar-refractivity contribution in [3.63, 3.8) is 0 Å². The SMILES string of the molecule is O=C([O-])c1ccc(N2C(=O)[C@H]3C[C@@H](Br)[C@H](Br)C[C@@H]3C2=O)cc1. The number of hydrogen-bond acceptors (Lipinski definition) is 4. The number of rotatable bonds is 2. The van der Waals surface area contributed by atoms with Crippen molar-refractivity contribution in [3.05, 3.63) is 29.8 Å². The summed E-state index contributed by atoms with van der Waals surface area (Å²) in [5.74, 6) is -2.33. The first kappa shape index (κ1) is 15.7. The van der Waals surface area contributed by atoms with Gasteiger partial charge in [0.1, 0.15) is 0 Å². The van der Waals surface area contributed by atoms with Gasteiger partial charge in [-0.1, -0.05) is 44.0 Å². The van der Waals surface area contributed by atoms with Crippen molar-refractivity contribution in [3.8, 4) is 0 Å². The van der Waals surface area contributed by atoms with E-state index in [4.69, 9.17) is 0 Å². The third kappa shape index (κ3) is 2.50. The molecule has 22 heavy (non-hydrogen) atoms. The molecule has 116 valence electrons. The minimum Gasteiger partial charge on any atom is -0.545 e. The molecule has 2 aliphatic rings. The van der Waals surface area contributed by atoms with Gasteiger partial charge in [-0.05, 0) is 30.5 Å². The minimum atomic E-state index is -1.29. The van der Waals surface area contributed by atoms with Crippen LogP contribution in [0.1, 0.15) is 23.2 Å². The van der Waals surface area contributed by atoms with Crippen LogP contribution in [0.5, 0.6) is 0 Å². The number of carboxylic acid groups (broad SMARTS) is 1. The number of halogens is 2. The van der Waals surface area contributed by atoms with Gasteiger partial charge >= 0.3 is 0 Å². The third-order valence-corrected chi connectivity index (χ3v) is 7.01. The Balaban J connectivity index is 1.90. The van der Waals surface area contributed by atoms with Crippen molar-refractivity contribution in [2.75, 3.05) is 4.90 Å². The fraction of sp³-hybridized carbons (Fsp3) is 0.400. The van der Waals surface area contributed by atoms with E-state index in [9.17, 15) is 19.5 Å². The van der Waals surface area contributed by atoms with E-state index in [1.54, 1.807) is 0 Å². The van der Waals surface area contributed by atoms with Crippen molar-refractivity contribution >= 4 is 55.3 Å². The molecule has 2 amide bonds. The second-order valence-corrected chi connectivity index (χ2v) is 7.91. The van der Waals surface area contributed by atoms with E-state index in [2.05, 4.69) is 31.9 Å². The van der Waals surface area contributed by atoms with Gasteiger partial charge in [0, 0.05) is 9.65 Å². The number of hydrogen-bond donors (Lipinski definition) is 0. The number of anilines is 1. The predicted octanol–water partition coefficient (Wildman–Crippen LogP) is 1.48. The van der Waals surface area contributed by atoms with E-state index >= 15 is 0 Å². The first-order chi connectivity index (χ1) is 10.4. The molecular weight excluding hydrogens is 418 g/mol. The van der Waals surface area contributed by atoms with Gasteiger partial charge in [0.05, 0.1) is 23.5 Å². The van der Waals surface area contributed by atoms with Crippen LogP contribution < -0.4 is 10.0 Å². The monoisotopic (exact) mass is 428 g/mol. The topological polar surface area (TPSA) is 77.5 Å². The summed E-state index contributed by atoms with van der Waals surface area (Å²) in [4.78, 5) is 37.4. The molecule has 0 radical (unpaired) electrons. The average Bonchev–Trinajstić information content (AvgIpc) is 2.72. The highest BCUT2D eigenvalue weighted by Crippen LogP contribution is 2.44. The number of nitrogens with zero attached hydrogens (tertiary/aromatic N) is 1. The summed E-state index contributed by atoms with van der Waals surface area (Å²) in [6, 6.07) is 5.62. The van der Waals surface area contributed by atoms with Gasteiger partial charge in [-0.2, -0.15) is 0 Å². The zero-order valence-electron chi connectivity index (χ0n) is 11.4. The first-order valence-corrected chi connectivity index (χ1v) is 8.70. The molecule has 1 aromatic carbocycles. The lowest BCUT2D eigenvalue weighted by molar-refractivity contribution is -0.255. The van der Waals surface area contributed by atoms with Crippen LogP contribution in [0.25, 0.3) is 0 Å². The molecule has 0 aromatic heterocycles. The number of carboxylic acids is 1. The molecule has 3 rings (SSSR count). The molecule has 1 heterocycles. The molecule has 2 fully saturated rings. The summed E-state index contributed by atoms with van der Waals surface area (Å²) < 4.78 is 0. The van der Waals surface area contributed by atoms with Crippen LogP contribution in [0.3, 0.4) is 0 Å². The molecule has 0 unspecified atom stereocenters. The summed E-state index contributed by atoms with van der Waals surface area (Å²) in [6.45, 7) is 0. The Bertz CT molecular complexity index is 617. The summed E-state index contributed by atoms with van der Waals surface area (Å²) in [7, 11) is 0. The number of benzene rings is 1. The summed E-state index contributed by atoms with van der Waals surface area (Å²) in [5.41, 5.74) is 0.424. The highest BCUT2D eigenvalue weighted by molar-refractivity contribution is 9.12. The van der Waals surface area contributed by atoms with Gasteiger partial charge in [0.25, 0.3) is 0 Å². The van der Waals surface area contributed by atoms with Crippen molar-refractivity contribution in [1.29, 1.82) is 0 Å². The van der Waals surface area contributed by atoms with Crippen molar-refractivity contribution in [2.24, 2.45) is 11.8 Å². The van der Waals surface area contributed by atoms with Crippen LogP contribution in [0, 0.1) is 11.8 Å². The molecule has 1 aliphatic heterocycles. The van der Waals surface area contributed by atoms with Crippen LogP contribution in [0.4, 0.5) is 5.69 Å². The molecule has 1 saturated carbocycles. The lowest BCUT2D eigenvalue weighted by Crippen LogP contribution is -2.34. The van der Waals surface area contributed by atoms with Crippen LogP contribution >= 0.6 is 31.9 Å². The van der Waals surface area contributed by atoms with Gasteiger partial charge in [-0.25, -0.2) is 0 Å². The standard InChI is InChI=1S/C15H13Br2NO4/c16-11-5-9-10(6-12(11)17)14(20)18(13(9)19)8-3-1-7(2-4-8)15(21)22/h1-4,9-12H,5-6H2,(H,21,22)/p-1/t9-,10-,11+,12+/m0/s1. The van der Waals surface area contributed by atoms with Gasteiger partial charge in [0.2, 0.25) is 11.8 Å². The van der Waals surface area contributed by atoms with E-state index in [-0.39, 0.29) is 38.9 Å². The number of imide groups is 1. The number of alkyl halides is 2. The second-order valence-electron chi connectivity index (χ2n) is 5.56. The van der Waals surface area contributed by atoms with E-state index in [0.29, 0.717) is 18.5 Å². The largest absolute Gasteiger partial charge is 0.545 e. The molecule has 1 aliphatic carbocycles. The molecule has 0 N–H and O–H groups in total. The van der Waals surface area contributed by atoms with Crippen LogP contribution in [0.15, 0.2) is 24.3 Å². The van der Waals surface area contributed by atoms with Crippen LogP contribution in [-0.2, 0) is 9.59 Å². The zero-order chi connectivity index (χ0) is 16.0. The second kappa shape index (κ2) is 5.77. The summed E-state index contributed by atoms with van der Waals surface area (Å²) in [5, 5.41) is 10.8. The number of amides is 2. The number of carbonyl (C=O) groups excluding carboxylic acids is 3. The first-order valence-electron chi connectivity index (χ1n) is 6.87. The molecule has 7 heteroatoms. The Morgan fingerprint density at radius 2 is 1.45 bits per heavy atom. The van der Waals surface area contributed by atoms with Crippen LogP contribution in [-0.4, -0.2) is 27.4 Å². The maximum absolute atomic E-state index is 12.6. The highest BCUT2D eigenvalue weighted by atomic mass is 79.9. The molecular formula is C15H12Br2NO4-. The Labute approximate surface area is 143 Å². The average molecular weight is 430 g/mol. The van der Waals surface area contributed by atoms with Crippen molar-refractivity contribution in [2.45, 2.75) is 22.5 Å². The molecule has 0 spiro atoms. The molecule has 1 saturated heterocycles. The fourth-order valence-corrected chi connectivity index (χ4v) is 4.33. The van der Waals surface area contributed by atoms with E-state index in [1.807, 2.05) is 0 Å². The minimum absolute atomic E-state index is 0.0151. The molecule has 0 bridgehead atoms. The summed E-state index contributed by atoms with van der Waals surface area (Å²) >= 11 is 7.08. The summed E-state index contributed by atoms with van der Waals surface area (Å²) in [6.07, 6.45) is 1.22. The van der Waals surface area contributed by atoms with Gasteiger partial charge < -0.3 is 9.90 Å². The Kier molecular flexibility index (Phi) is 4.11. The Hall–Kier alpha value is -1.21.